The van der Waals surface area contributed by atoms with Crippen LogP contribution in [0.2, 0.25) is 0 Å². The van der Waals surface area contributed by atoms with Gasteiger partial charge in [0.2, 0.25) is 0 Å². The van der Waals surface area contributed by atoms with Gasteiger partial charge in [-0.05, 0) is 24.6 Å². The molecule has 2 aromatic carbocycles. The van der Waals surface area contributed by atoms with E-state index in [0.717, 1.165) is 11.3 Å². The van der Waals surface area contributed by atoms with Gasteiger partial charge in [-0.15, -0.1) is 0 Å². The summed E-state index contributed by atoms with van der Waals surface area (Å²) in [6.45, 7) is 2.34. The number of carbonyl (C=O) groups excluding carboxylic acids is 1. The third-order valence-corrected chi connectivity index (χ3v) is 3.33. The summed E-state index contributed by atoms with van der Waals surface area (Å²) in [6, 6.07) is 17.0. The molecule has 0 saturated carbocycles. The molecule has 1 amide bonds. The molecule has 0 fully saturated rings. The molecule has 0 aromatic heterocycles. The number of hydrogen-bond donors (Lipinski definition) is 1. The second-order valence-corrected chi connectivity index (χ2v) is 4.86. The minimum absolute atomic E-state index is 0.128. The van der Waals surface area contributed by atoms with Crippen LogP contribution in [0.4, 0.5) is 0 Å². The van der Waals surface area contributed by atoms with E-state index in [0.29, 0.717) is 18.7 Å². The second kappa shape index (κ2) is 8.08. The zero-order valence-electron chi connectivity index (χ0n) is 12.9. The lowest BCUT2D eigenvalue weighted by Gasteiger charge is -2.17. The highest BCUT2D eigenvalue weighted by Gasteiger charge is 2.18. The maximum atomic E-state index is 12.3. The van der Waals surface area contributed by atoms with Gasteiger partial charge in [-0.25, -0.2) is 0 Å². The highest BCUT2D eigenvalue weighted by atomic mass is 16.5. The summed E-state index contributed by atoms with van der Waals surface area (Å²) in [5.74, 6) is 1.33. The molecule has 0 spiro atoms. The van der Waals surface area contributed by atoms with Gasteiger partial charge in [0.1, 0.15) is 11.5 Å². The van der Waals surface area contributed by atoms with Gasteiger partial charge in [0, 0.05) is 12.1 Å². The fourth-order valence-electron chi connectivity index (χ4n) is 2.13. The van der Waals surface area contributed by atoms with Crippen molar-refractivity contribution in [2.75, 3.05) is 7.11 Å². The Bertz CT molecular complexity index is 598. The molecule has 1 atom stereocenters. The van der Waals surface area contributed by atoms with Crippen molar-refractivity contribution in [3.8, 4) is 11.5 Å². The Kier molecular flexibility index (Phi) is 5.83. The Labute approximate surface area is 131 Å². The lowest BCUT2D eigenvalue weighted by molar-refractivity contribution is -0.128. The predicted octanol–water partition coefficient (Wildman–Crippen LogP) is 3.17. The van der Waals surface area contributed by atoms with Crippen LogP contribution in [0.1, 0.15) is 18.9 Å². The summed E-state index contributed by atoms with van der Waals surface area (Å²) in [6.07, 6.45) is 0.101. The maximum absolute atomic E-state index is 12.3. The minimum atomic E-state index is -0.503. The van der Waals surface area contributed by atoms with Crippen molar-refractivity contribution in [1.82, 2.24) is 5.32 Å². The molecule has 0 unspecified atom stereocenters. The number of amides is 1. The van der Waals surface area contributed by atoms with Crippen LogP contribution in [-0.2, 0) is 11.3 Å². The van der Waals surface area contributed by atoms with Crippen LogP contribution < -0.4 is 14.8 Å². The summed E-state index contributed by atoms with van der Waals surface area (Å²) >= 11 is 0. The van der Waals surface area contributed by atoms with Gasteiger partial charge in [-0.1, -0.05) is 43.3 Å². The highest BCUT2D eigenvalue weighted by molar-refractivity contribution is 5.81. The molecule has 2 aromatic rings. The van der Waals surface area contributed by atoms with Gasteiger partial charge in [-0.3, -0.25) is 4.79 Å². The van der Waals surface area contributed by atoms with Crippen molar-refractivity contribution in [1.29, 1.82) is 0 Å². The molecule has 0 heterocycles. The van der Waals surface area contributed by atoms with Crippen molar-refractivity contribution >= 4 is 5.91 Å². The Hall–Kier alpha value is -2.49. The molecule has 0 aliphatic carbocycles. The number of rotatable bonds is 7. The summed E-state index contributed by atoms with van der Waals surface area (Å²) in [5, 5.41) is 2.90. The van der Waals surface area contributed by atoms with Crippen molar-refractivity contribution in [3.05, 3.63) is 60.2 Å². The van der Waals surface area contributed by atoms with E-state index in [1.165, 1.54) is 0 Å². The number of para-hydroxylation sites is 2. The molecule has 2 rings (SSSR count). The van der Waals surface area contributed by atoms with Gasteiger partial charge < -0.3 is 14.8 Å². The van der Waals surface area contributed by atoms with Gasteiger partial charge in [-0.2, -0.15) is 0 Å². The van der Waals surface area contributed by atoms with E-state index in [2.05, 4.69) is 5.32 Å². The smallest absolute Gasteiger partial charge is 0.261 e. The van der Waals surface area contributed by atoms with Gasteiger partial charge in [0.15, 0.2) is 6.10 Å². The first-order valence-electron chi connectivity index (χ1n) is 7.36. The molecule has 116 valence electrons. The first-order valence-corrected chi connectivity index (χ1v) is 7.36. The third-order valence-electron chi connectivity index (χ3n) is 3.33. The van der Waals surface area contributed by atoms with Crippen molar-refractivity contribution in [2.45, 2.75) is 26.0 Å². The number of benzene rings is 2. The van der Waals surface area contributed by atoms with Crippen molar-refractivity contribution in [3.63, 3.8) is 0 Å². The Balaban J connectivity index is 1.95. The quantitative estimate of drug-likeness (QED) is 0.854. The summed E-state index contributed by atoms with van der Waals surface area (Å²) in [4.78, 5) is 12.3. The zero-order chi connectivity index (χ0) is 15.8. The van der Waals surface area contributed by atoms with Crippen LogP contribution in [0.25, 0.3) is 0 Å². The Morgan fingerprint density at radius 3 is 2.45 bits per heavy atom. The lowest BCUT2D eigenvalue weighted by Crippen LogP contribution is -2.37. The summed E-state index contributed by atoms with van der Waals surface area (Å²) in [7, 11) is 1.62. The number of methoxy groups -OCH3 is 1. The summed E-state index contributed by atoms with van der Waals surface area (Å²) in [5.41, 5.74) is 0.938. The SMILES string of the molecule is CC[C@@H](Oc1ccccc1)C(=O)NCc1ccccc1OC. The fraction of sp³-hybridized carbons (Fsp3) is 0.278. The van der Waals surface area contributed by atoms with Gasteiger partial charge in [0.05, 0.1) is 7.11 Å². The standard InChI is InChI=1S/C18H21NO3/c1-3-16(22-15-10-5-4-6-11-15)18(20)19-13-14-9-7-8-12-17(14)21-2/h4-12,16H,3,13H2,1-2H3,(H,19,20)/t16-/m1/s1. The largest absolute Gasteiger partial charge is 0.496 e. The van der Waals surface area contributed by atoms with E-state index in [4.69, 9.17) is 9.47 Å². The molecule has 4 nitrogen and oxygen atoms in total. The van der Waals surface area contributed by atoms with Crippen LogP contribution in [0, 0.1) is 0 Å². The monoisotopic (exact) mass is 299 g/mol. The molecule has 0 radical (unpaired) electrons. The van der Waals surface area contributed by atoms with Crippen LogP contribution in [0.5, 0.6) is 11.5 Å². The van der Waals surface area contributed by atoms with E-state index in [1.54, 1.807) is 7.11 Å². The van der Waals surface area contributed by atoms with E-state index in [-0.39, 0.29) is 5.91 Å². The van der Waals surface area contributed by atoms with E-state index >= 15 is 0 Å². The number of hydrogen-bond acceptors (Lipinski definition) is 3. The molecular formula is C18H21NO3. The van der Waals surface area contributed by atoms with E-state index in [9.17, 15) is 4.79 Å². The van der Waals surface area contributed by atoms with Gasteiger partial charge >= 0.3 is 0 Å². The maximum Gasteiger partial charge on any atom is 0.261 e. The third kappa shape index (κ3) is 4.25. The Morgan fingerprint density at radius 1 is 1.09 bits per heavy atom. The van der Waals surface area contributed by atoms with Crippen LogP contribution in [0.3, 0.4) is 0 Å². The molecule has 0 saturated heterocycles. The number of carbonyl (C=O) groups is 1. The molecule has 1 N–H and O–H groups in total. The normalized spacial score (nSPS) is 11.5. The van der Waals surface area contributed by atoms with Crippen LogP contribution in [-0.4, -0.2) is 19.1 Å². The number of nitrogens with one attached hydrogen (secondary N) is 1. The first kappa shape index (κ1) is 15.9. The molecule has 0 aliphatic rings. The zero-order valence-corrected chi connectivity index (χ0v) is 12.9. The molecule has 4 heteroatoms. The first-order chi connectivity index (χ1) is 10.7. The van der Waals surface area contributed by atoms with E-state index < -0.39 is 6.10 Å². The highest BCUT2D eigenvalue weighted by Crippen LogP contribution is 2.17. The molecular weight excluding hydrogens is 278 g/mol. The van der Waals surface area contributed by atoms with Gasteiger partial charge in [0.25, 0.3) is 5.91 Å². The van der Waals surface area contributed by atoms with Crippen LogP contribution >= 0.6 is 0 Å². The fourth-order valence-corrected chi connectivity index (χ4v) is 2.13. The average molecular weight is 299 g/mol. The second-order valence-electron chi connectivity index (χ2n) is 4.86. The lowest BCUT2D eigenvalue weighted by atomic mass is 10.2. The summed E-state index contributed by atoms with van der Waals surface area (Å²) < 4.78 is 11.0. The van der Waals surface area contributed by atoms with Crippen LogP contribution in [0.15, 0.2) is 54.6 Å². The molecule has 0 aliphatic heterocycles. The molecule has 0 bridgehead atoms. The Morgan fingerprint density at radius 2 is 1.77 bits per heavy atom. The van der Waals surface area contributed by atoms with Crippen molar-refractivity contribution < 1.29 is 14.3 Å². The predicted molar refractivity (Wildman–Crippen MR) is 86.0 cm³/mol. The van der Waals surface area contributed by atoms with Crippen molar-refractivity contribution in [2.24, 2.45) is 0 Å². The minimum Gasteiger partial charge on any atom is -0.496 e. The average Bonchev–Trinajstić information content (AvgIpc) is 2.58. The topological polar surface area (TPSA) is 47.6 Å². The number of ether oxygens (including phenoxy) is 2. The molecule has 22 heavy (non-hydrogen) atoms. The van der Waals surface area contributed by atoms with E-state index in [1.807, 2.05) is 61.5 Å².